The summed E-state index contributed by atoms with van der Waals surface area (Å²) in [5.41, 5.74) is 0.901. The quantitative estimate of drug-likeness (QED) is 0.610. The van der Waals surface area contributed by atoms with Crippen molar-refractivity contribution in [1.82, 2.24) is 0 Å². The molecule has 0 aliphatic carbocycles. The molecule has 7 heteroatoms. The Morgan fingerprint density at radius 3 is 2.56 bits per heavy atom. The lowest BCUT2D eigenvalue weighted by Gasteiger charge is -2.15. The van der Waals surface area contributed by atoms with E-state index in [-0.39, 0.29) is 30.0 Å². The number of imide groups is 1. The summed E-state index contributed by atoms with van der Waals surface area (Å²) in [7, 11) is 0. The largest absolute Gasteiger partial charge is 0.463 e. The van der Waals surface area contributed by atoms with Gasteiger partial charge in [0, 0.05) is 11.6 Å². The molecule has 0 atom stereocenters. The number of halogens is 1. The number of carbonyl (C=O) groups excluding carboxylic acids is 3. The van der Waals surface area contributed by atoms with E-state index >= 15 is 0 Å². The van der Waals surface area contributed by atoms with Gasteiger partial charge >= 0.3 is 12.1 Å². The van der Waals surface area contributed by atoms with E-state index < -0.39 is 23.8 Å². The number of benzene rings is 2. The summed E-state index contributed by atoms with van der Waals surface area (Å²) in [6.07, 6.45) is 0.0400. The molecule has 3 rings (SSSR count). The molecule has 0 aromatic heterocycles. The van der Waals surface area contributed by atoms with Gasteiger partial charge in [0.2, 0.25) is 0 Å². The highest BCUT2D eigenvalue weighted by Crippen LogP contribution is 2.37. The van der Waals surface area contributed by atoms with Crippen LogP contribution >= 0.6 is 0 Å². The van der Waals surface area contributed by atoms with Gasteiger partial charge in [-0.05, 0) is 30.7 Å². The van der Waals surface area contributed by atoms with E-state index in [9.17, 15) is 18.8 Å². The van der Waals surface area contributed by atoms with Crippen molar-refractivity contribution in [2.24, 2.45) is 0 Å². The molecule has 0 unspecified atom stereocenters. The number of nitrogens with zero attached hydrogens (tertiary/aromatic N) is 1. The molecule has 2 aromatic carbocycles. The smallest absolute Gasteiger partial charge is 0.421 e. The van der Waals surface area contributed by atoms with Gasteiger partial charge in [0.25, 0.3) is 5.91 Å². The van der Waals surface area contributed by atoms with Crippen molar-refractivity contribution in [3.63, 3.8) is 0 Å². The molecule has 0 fully saturated rings. The fraction of sp³-hybridized carbons (Fsp3) is 0.150. The maximum absolute atomic E-state index is 13.7. The summed E-state index contributed by atoms with van der Waals surface area (Å²) in [5.74, 6) is -2.13. The number of hydrogen-bond acceptors (Lipinski definition) is 5. The fourth-order valence-electron chi connectivity index (χ4n) is 2.67. The molecule has 1 aliphatic rings. The van der Waals surface area contributed by atoms with Crippen molar-refractivity contribution in [2.75, 3.05) is 11.5 Å². The minimum atomic E-state index is -0.913. The minimum Gasteiger partial charge on any atom is -0.463 e. The van der Waals surface area contributed by atoms with Crippen molar-refractivity contribution in [1.29, 1.82) is 0 Å². The fourth-order valence-corrected chi connectivity index (χ4v) is 2.67. The number of amides is 2. The average molecular weight is 369 g/mol. The van der Waals surface area contributed by atoms with Gasteiger partial charge in [-0.15, -0.1) is 0 Å². The second-order valence-corrected chi connectivity index (χ2v) is 5.65. The first-order valence-corrected chi connectivity index (χ1v) is 8.24. The van der Waals surface area contributed by atoms with Gasteiger partial charge in [-0.3, -0.25) is 4.79 Å². The number of hydrogen-bond donors (Lipinski definition) is 0. The van der Waals surface area contributed by atoms with Crippen LogP contribution in [0.1, 0.15) is 18.1 Å². The molecule has 6 nitrogen and oxygen atoms in total. The Morgan fingerprint density at radius 2 is 1.85 bits per heavy atom. The lowest BCUT2D eigenvalue weighted by Crippen LogP contribution is -2.34. The lowest BCUT2D eigenvalue weighted by molar-refractivity contribution is -0.137. The summed E-state index contributed by atoms with van der Waals surface area (Å²) in [6.45, 7) is 1.71. The van der Waals surface area contributed by atoms with Crippen LogP contribution in [0.4, 0.5) is 14.9 Å². The van der Waals surface area contributed by atoms with E-state index in [0.29, 0.717) is 0 Å². The summed E-state index contributed by atoms with van der Waals surface area (Å²) in [6, 6.07) is 12.5. The highest BCUT2D eigenvalue weighted by Gasteiger charge is 2.38. The van der Waals surface area contributed by atoms with Crippen molar-refractivity contribution in [3.8, 4) is 0 Å². The molecule has 0 bridgehead atoms. The molecule has 27 heavy (non-hydrogen) atoms. The van der Waals surface area contributed by atoms with Gasteiger partial charge in [0.15, 0.2) is 0 Å². The zero-order valence-corrected chi connectivity index (χ0v) is 14.5. The average Bonchev–Trinajstić information content (AvgIpc) is 2.92. The van der Waals surface area contributed by atoms with Crippen LogP contribution in [-0.4, -0.2) is 24.6 Å². The van der Waals surface area contributed by atoms with Gasteiger partial charge in [-0.2, -0.15) is 0 Å². The third-order valence-corrected chi connectivity index (χ3v) is 3.86. The molecule has 0 saturated carbocycles. The molecule has 2 aromatic rings. The molecular formula is C20H16FNO5. The number of carbonyl (C=O) groups is 3. The minimum absolute atomic E-state index is 0.0308. The van der Waals surface area contributed by atoms with Crippen molar-refractivity contribution in [2.45, 2.75) is 13.5 Å². The Morgan fingerprint density at radius 1 is 1.11 bits per heavy atom. The first-order valence-electron chi connectivity index (χ1n) is 8.24. The van der Waals surface area contributed by atoms with Crippen molar-refractivity contribution < 1.29 is 28.2 Å². The normalized spacial score (nSPS) is 14.2. The van der Waals surface area contributed by atoms with Crippen LogP contribution in [0.2, 0.25) is 0 Å². The van der Waals surface area contributed by atoms with Crippen LogP contribution in [0.25, 0.3) is 5.57 Å². The molecule has 138 valence electrons. The molecular weight excluding hydrogens is 353 g/mol. The van der Waals surface area contributed by atoms with Crippen LogP contribution < -0.4 is 4.90 Å². The lowest BCUT2D eigenvalue weighted by atomic mass is 10.1. The van der Waals surface area contributed by atoms with Crippen LogP contribution in [0.15, 0.2) is 54.6 Å². The summed E-state index contributed by atoms with van der Waals surface area (Å²) in [5, 5.41) is 0. The third kappa shape index (κ3) is 3.87. The van der Waals surface area contributed by atoms with Gasteiger partial charge in [0.05, 0.1) is 17.9 Å². The molecule has 1 aliphatic heterocycles. The Labute approximate surface area is 154 Å². The maximum Gasteiger partial charge on any atom is 0.421 e. The molecule has 1 heterocycles. The number of ether oxygens (including phenoxy) is 2. The standard InChI is InChI=1S/C20H16FNO5/c1-2-26-18(23)11-16-15-10-14(21)8-9-17(15)22(19(16)24)20(25)27-12-13-6-4-3-5-7-13/h3-11H,2,12H2,1H3/b16-11+. The van der Waals surface area contributed by atoms with E-state index in [2.05, 4.69) is 0 Å². The van der Waals surface area contributed by atoms with E-state index in [1.807, 2.05) is 6.07 Å². The van der Waals surface area contributed by atoms with Crippen LogP contribution in [0, 0.1) is 5.82 Å². The van der Waals surface area contributed by atoms with Crippen molar-refractivity contribution in [3.05, 3.63) is 71.6 Å². The Hall–Kier alpha value is -3.48. The van der Waals surface area contributed by atoms with Gasteiger partial charge in [-0.25, -0.2) is 18.9 Å². The number of rotatable bonds is 4. The number of esters is 1. The van der Waals surface area contributed by atoms with E-state index in [0.717, 1.165) is 28.7 Å². The van der Waals surface area contributed by atoms with Gasteiger partial charge in [-0.1, -0.05) is 30.3 Å². The highest BCUT2D eigenvalue weighted by atomic mass is 19.1. The Bertz CT molecular complexity index is 923. The van der Waals surface area contributed by atoms with E-state index in [4.69, 9.17) is 9.47 Å². The second-order valence-electron chi connectivity index (χ2n) is 5.65. The van der Waals surface area contributed by atoms with E-state index in [1.54, 1.807) is 31.2 Å². The Kier molecular flexibility index (Phi) is 5.30. The highest BCUT2D eigenvalue weighted by molar-refractivity contribution is 6.40. The maximum atomic E-state index is 13.7. The van der Waals surface area contributed by atoms with Gasteiger partial charge < -0.3 is 9.47 Å². The second kappa shape index (κ2) is 7.82. The number of anilines is 1. The first-order chi connectivity index (χ1) is 13.0. The molecule has 0 N–H and O–H groups in total. The molecule has 2 amide bonds. The SMILES string of the molecule is CCOC(=O)/C=C1/C(=O)N(C(=O)OCc2ccccc2)c2ccc(F)cc21. The van der Waals surface area contributed by atoms with Gasteiger partial charge in [0.1, 0.15) is 12.4 Å². The summed E-state index contributed by atoms with van der Waals surface area (Å²) >= 11 is 0. The topological polar surface area (TPSA) is 72.9 Å². The predicted octanol–water partition coefficient (Wildman–Crippen LogP) is 3.46. The molecule has 0 spiro atoms. The van der Waals surface area contributed by atoms with E-state index in [1.165, 1.54) is 6.07 Å². The zero-order chi connectivity index (χ0) is 19.4. The molecule has 0 radical (unpaired) electrons. The van der Waals surface area contributed by atoms with Crippen LogP contribution in [-0.2, 0) is 25.7 Å². The molecule has 0 saturated heterocycles. The first kappa shape index (κ1) is 18.3. The zero-order valence-electron chi connectivity index (χ0n) is 14.5. The monoisotopic (exact) mass is 369 g/mol. The van der Waals surface area contributed by atoms with Crippen LogP contribution in [0.3, 0.4) is 0 Å². The summed E-state index contributed by atoms with van der Waals surface area (Å²) in [4.78, 5) is 37.7. The van der Waals surface area contributed by atoms with Crippen LogP contribution in [0.5, 0.6) is 0 Å². The Balaban J connectivity index is 1.89. The summed E-state index contributed by atoms with van der Waals surface area (Å²) < 4.78 is 23.7. The van der Waals surface area contributed by atoms with Crippen molar-refractivity contribution >= 4 is 29.2 Å². The third-order valence-electron chi connectivity index (χ3n) is 3.86. The number of fused-ring (bicyclic) bond motifs is 1. The predicted molar refractivity (Wildman–Crippen MR) is 95.1 cm³/mol.